The molecule has 0 aliphatic heterocycles. The molecule has 0 spiro atoms. The van der Waals surface area contributed by atoms with E-state index < -0.39 is 11.0 Å². The molecule has 2 aromatic rings. The third-order valence-electron chi connectivity index (χ3n) is 2.51. The maximum absolute atomic E-state index is 10.6. The first-order valence-corrected chi connectivity index (χ1v) is 6.20. The van der Waals surface area contributed by atoms with Crippen LogP contribution in [0.1, 0.15) is 0 Å². The number of rotatable bonds is 3. The van der Waals surface area contributed by atoms with E-state index in [-0.39, 0.29) is 5.48 Å². The van der Waals surface area contributed by atoms with Crippen molar-refractivity contribution in [3.05, 3.63) is 36.4 Å². The number of thiol groups is 1. The van der Waals surface area contributed by atoms with Crippen LogP contribution in [0.3, 0.4) is 0 Å². The van der Waals surface area contributed by atoms with Crippen molar-refractivity contribution in [2.24, 2.45) is 0 Å². The standard InChI is InChI=1S/C12H13NO3S.H2O/c1-13(2)11-7-3-6-10-9(11)5-4-8-12(10)16-17(14)15;/h3-8,17H,1-2H3;1H2. The summed E-state index contributed by atoms with van der Waals surface area (Å²) in [5.41, 5.74) is 1.02. The van der Waals surface area contributed by atoms with E-state index in [1.165, 1.54) is 0 Å². The van der Waals surface area contributed by atoms with Gasteiger partial charge in [-0.2, -0.15) is 8.42 Å². The summed E-state index contributed by atoms with van der Waals surface area (Å²) < 4.78 is 26.1. The summed E-state index contributed by atoms with van der Waals surface area (Å²) in [6.07, 6.45) is 0. The normalized spacial score (nSPS) is 10.2. The second-order valence-electron chi connectivity index (χ2n) is 3.84. The molecule has 0 radical (unpaired) electrons. The fourth-order valence-electron chi connectivity index (χ4n) is 1.81. The van der Waals surface area contributed by atoms with Crippen LogP contribution in [0, 0.1) is 0 Å². The zero-order chi connectivity index (χ0) is 12.4. The molecule has 6 heteroatoms. The average molecular weight is 269 g/mol. The molecule has 0 aliphatic rings. The highest BCUT2D eigenvalue weighted by atomic mass is 32.2. The van der Waals surface area contributed by atoms with Crippen molar-refractivity contribution in [2.75, 3.05) is 19.0 Å². The van der Waals surface area contributed by atoms with Gasteiger partial charge in [-0.25, -0.2) is 0 Å². The van der Waals surface area contributed by atoms with Gasteiger partial charge in [-0.05, 0) is 12.1 Å². The predicted octanol–water partition coefficient (Wildman–Crippen LogP) is 0.986. The summed E-state index contributed by atoms with van der Waals surface area (Å²) in [4.78, 5) is 1.98. The highest BCUT2D eigenvalue weighted by molar-refractivity contribution is 7.67. The van der Waals surface area contributed by atoms with Gasteiger partial charge in [-0.15, -0.1) is 0 Å². The predicted molar refractivity (Wildman–Crippen MR) is 72.8 cm³/mol. The number of fused-ring (bicyclic) bond motifs is 1. The van der Waals surface area contributed by atoms with Crippen LogP contribution < -0.4 is 9.08 Å². The summed E-state index contributed by atoms with van der Waals surface area (Å²) in [6, 6.07) is 11.1. The van der Waals surface area contributed by atoms with Crippen molar-refractivity contribution >= 4 is 27.4 Å². The minimum absolute atomic E-state index is 0. The highest BCUT2D eigenvalue weighted by Crippen LogP contribution is 2.31. The van der Waals surface area contributed by atoms with Gasteiger partial charge in [0, 0.05) is 30.6 Å². The van der Waals surface area contributed by atoms with E-state index in [2.05, 4.69) is 0 Å². The number of hydrogen-bond donors (Lipinski definition) is 1. The Balaban J connectivity index is 0.00000162. The second-order valence-corrected chi connectivity index (χ2v) is 4.47. The zero-order valence-corrected chi connectivity index (χ0v) is 11.0. The summed E-state index contributed by atoms with van der Waals surface area (Å²) in [5.74, 6) is 0.363. The van der Waals surface area contributed by atoms with E-state index in [0.29, 0.717) is 5.75 Å². The average Bonchev–Trinajstić information content (AvgIpc) is 2.28. The quantitative estimate of drug-likeness (QED) is 0.843. The van der Waals surface area contributed by atoms with E-state index in [4.69, 9.17) is 4.18 Å². The maximum Gasteiger partial charge on any atom is 0.299 e. The van der Waals surface area contributed by atoms with Crippen molar-refractivity contribution in [3.8, 4) is 5.75 Å². The summed E-state index contributed by atoms with van der Waals surface area (Å²) in [5, 5.41) is 1.75. The number of anilines is 1. The number of nitrogens with zero attached hydrogens (tertiary/aromatic N) is 1. The van der Waals surface area contributed by atoms with Crippen molar-refractivity contribution in [2.45, 2.75) is 0 Å². The Bertz CT molecular complexity index is 615. The van der Waals surface area contributed by atoms with E-state index in [1.54, 1.807) is 12.1 Å². The van der Waals surface area contributed by atoms with Gasteiger partial charge in [0.15, 0.2) is 0 Å². The molecule has 0 amide bonds. The molecule has 5 nitrogen and oxygen atoms in total. The van der Waals surface area contributed by atoms with Crippen molar-refractivity contribution in [3.63, 3.8) is 0 Å². The van der Waals surface area contributed by atoms with E-state index >= 15 is 0 Å². The third-order valence-corrected chi connectivity index (χ3v) is 2.86. The van der Waals surface area contributed by atoms with Crippen molar-refractivity contribution in [1.29, 1.82) is 0 Å². The number of benzene rings is 2. The second kappa shape index (κ2) is 5.70. The van der Waals surface area contributed by atoms with Crippen LogP contribution in [0.4, 0.5) is 5.69 Å². The van der Waals surface area contributed by atoms with Gasteiger partial charge < -0.3 is 14.6 Å². The lowest BCUT2D eigenvalue weighted by Crippen LogP contribution is -2.08. The van der Waals surface area contributed by atoms with Crippen LogP contribution in [0.25, 0.3) is 10.8 Å². The molecule has 2 aromatic carbocycles. The number of hydrogen-bond acceptors (Lipinski definition) is 4. The van der Waals surface area contributed by atoms with E-state index in [0.717, 1.165) is 16.5 Å². The first kappa shape index (κ1) is 14.3. The third kappa shape index (κ3) is 2.72. The molecule has 2 rings (SSSR count). The maximum atomic E-state index is 10.6. The molecule has 0 atom stereocenters. The van der Waals surface area contributed by atoms with Crippen LogP contribution in [0.15, 0.2) is 36.4 Å². The minimum atomic E-state index is -2.89. The minimum Gasteiger partial charge on any atom is -0.412 e. The summed E-state index contributed by atoms with van der Waals surface area (Å²) in [7, 11) is 0.993. The van der Waals surface area contributed by atoms with E-state index in [1.807, 2.05) is 43.3 Å². The van der Waals surface area contributed by atoms with Gasteiger partial charge in [0.05, 0.1) is 0 Å². The molecule has 98 valence electrons. The van der Waals surface area contributed by atoms with Crippen LogP contribution in [0.5, 0.6) is 5.75 Å². The molecule has 0 aliphatic carbocycles. The summed E-state index contributed by atoms with van der Waals surface area (Å²) in [6.45, 7) is 0. The van der Waals surface area contributed by atoms with Gasteiger partial charge in [0.1, 0.15) is 5.75 Å². The molecule has 18 heavy (non-hydrogen) atoms. The topological polar surface area (TPSA) is 78.1 Å². The lowest BCUT2D eigenvalue weighted by atomic mass is 10.1. The molecule has 0 saturated carbocycles. The SMILES string of the molecule is CN(C)c1cccc2c(O[SH](=O)=O)cccc12.O. The molecule has 0 unspecified atom stereocenters. The van der Waals surface area contributed by atoms with Crippen LogP contribution >= 0.6 is 0 Å². The molecular weight excluding hydrogens is 254 g/mol. The molecular formula is C12H15NO4S. The lowest BCUT2D eigenvalue weighted by Gasteiger charge is -2.16. The van der Waals surface area contributed by atoms with Gasteiger partial charge in [-0.3, -0.25) is 0 Å². The largest absolute Gasteiger partial charge is 0.412 e. The molecule has 0 bridgehead atoms. The Morgan fingerprint density at radius 2 is 1.61 bits per heavy atom. The Labute approximate surface area is 107 Å². The van der Waals surface area contributed by atoms with E-state index in [9.17, 15) is 8.42 Å². The molecule has 2 N–H and O–H groups in total. The van der Waals surface area contributed by atoms with Crippen molar-refractivity contribution in [1.82, 2.24) is 0 Å². The fourth-order valence-corrected chi connectivity index (χ4v) is 2.13. The molecule has 0 fully saturated rings. The lowest BCUT2D eigenvalue weighted by molar-refractivity contribution is 0.513. The molecule has 0 heterocycles. The summed E-state index contributed by atoms with van der Waals surface area (Å²) >= 11 is 0. The fraction of sp³-hybridized carbons (Fsp3) is 0.167. The van der Waals surface area contributed by atoms with Gasteiger partial charge in [-0.1, -0.05) is 24.3 Å². The van der Waals surface area contributed by atoms with Crippen LogP contribution in [0.2, 0.25) is 0 Å². The monoisotopic (exact) mass is 269 g/mol. The Morgan fingerprint density at radius 1 is 1.00 bits per heavy atom. The van der Waals surface area contributed by atoms with Gasteiger partial charge >= 0.3 is 0 Å². The Hall–Kier alpha value is -1.79. The Morgan fingerprint density at radius 3 is 2.22 bits per heavy atom. The van der Waals surface area contributed by atoms with Crippen LogP contribution in [-0.2, 0) is 11.0 Å². The van der Waals surface area contributed by atoms with Crippen LogP contribution in [-0.4, -0.2) is 28.0 Å². The first-order chi connectivity index (χ1) is 8.09. The highest BCUT2D eigenvalue weighted by Gasteiger charge is 2.07. The molecule has 0 saturated heterocycles. The smallest absolute Gasteiger partial charge is 0.299 e. The van der Waals surface area contributed by atoms with Crippen molar-refractivity contribution < 1.29 is 18.1 Å². The Kier molecular flexibility index (Phi) is 4.52. The van der Waals surface area contributed by atoms with Gasteiger partial charge in [0.2, 0.25) is 0 Å². The molecule has 0 aromatic heterocycles. The zero-order valence-electron chi connectivity index (χ0n) is 10.1. The first-order valence-electron chi connectivity index (χ1n) is 5.11. The van der Waals surface area contributed by atoms with Gasteiger partial charge in [0.25, 0.3) is 11.0 Å².